The Kier molecular flexibility index (Phi) is 4.14. The van der Waals surface area contributed by atoms with Crippen LogP contribution in [0.4, 0.5) is 0 Å². The Hall–Kier alpha value is -3.55. The molecule has 0 saturated carbocycles. The number of pyridine rings is 2. The smallest absolute Gasteiger partial charge is 0.253 e. The summed E-state index contributed by atoms with van der Waals surface area (Å²) in [5, 5.41) is 2.85. The number of carbonyl (C=O) groups excluding carboxylic acids is 1. The third kappa shape index (κ3) is 3.16. The Bertz CT molecular complexity index is 1050. The van der Waals surface area contributed by atoms with Crippen LogP contribution in [0.2, 0.25) is 0 Å². The summed E-state index contributed by atoms with van der Waals surface area (Å²) in [7, 11) is 1.89. The minimum absolute atomic E-state index is 0.204. The van der Waals surface area contributed by atoms with Gasteiger partial charge >= 0.3 is 0 Å². The molecule has 0 saturated heterocycles. The number of hydrogen-bond donors (Lipinski definition) is 1. The molecule has 0 aliphatic heterocycles. The highest BCUT2D eigenvalue weighted by molar-refractivity contribution is 5.96. The average Bonchev–Trinajstić information content (AvgIpc) is 3.26. The van der Waals surface area contributed by atoms with Crippen LogP contribution in [-0.4, -0.2) is 35.0 Å². The van der Waals surface area contributed by atoms with Gasteiger partial charge in [-0.25, -0.2) is 15.0 Å². The summed E-state index contributed by atoms with van der Waals surface area (Å²) in [6.45, 7) is 0.984. The molecule has 26 heavy (non-hydrogen) atoms. The molecule has 0 bridgehead atoms. The van der Waals surface area contributed by atoms with Crippen LogP contribution >= 0.6 is 0 Å². The zero-order valence-corrected chi connectivity index (χ0v) is 14.2. The third-order valence-electron chi connectivity index (χ3n) is 4.12. The molecule has 0 atom stereocenters. The van der Waals surface area contributed by atoms with Crippen LogP contribution < -0.4 is 5.32 Å². The normalized spacial score (nSPS) is 11.0. The minimum atomic E-state index is -0.204. The highest BCUT2D eigenvalue weighted by Crippen LogP contribution is 2.14. The first kappa shape index (κ1) is 15.9. The fraction of sp³-hybridized carbons (Fsp3) is 0.167. The summed E-state index contributed by atoms with van der Waals surface area (Å²) in [6.07, 6.45) is 10.4. The third-order valence-corrected chi connectivity index (χ3v) is 4.12. The summed E-state index contributed by atoms with van der Waals surface area (Å²) in [5.41, 5.74) is 2.94. The van der Waals surface area contributed by atoms with Gasteiger partial charge in [0.2, 0.25) is 0 Å². The highest BCUT2D eigenvalue weighted by Gasteiger charge is 2.11. The molecule has 4 heterocycles. The van der Waals surface area contributed by atoms with Crippen molar-refractivity contribution >= 4 is 17.1 Å². The van der Waals surface area contributed by atoms with E-state index in [2.05, 4.69) is 25.3 Å². The second kappa shape index (κ2) is 6.75. The maximum atomic E-state index is 12.4. The lowest BCUT2D eigenvalue weighted by Crippen LogP contribution is -2.24. The lowest BCUT2D eigenvalue weighted by molar-refractivity contribution is 0.0949. The molecule has 0 aliphatic rings. The number of hydrogen-bond acceptors (Lipinski definition) is 5. The molecule has 4 aromatic rings. The lowest BCUT2D eigenvalue weighted by atomic mass is 10.2. The van der Waals surface area contributed by atoms with Gasteiger partial charge in [-0.2, -0.15) is 0 Å². The van der Waals surface area contributed by atoms with Gasteiger partial charge in [0.25, 0.3) is 5.91 Å². The minimum Gasteiger partial charge on any atom is -0.345 e. The highest BCUT2D eigenvalue weighted by atomic mass is 16.1. The van der Waals surface area contributed by atoms with Gasteiger partial charge in [0, 0.05) is 38.0 Å². The number of rotatable bonds is 5. The zero-order valence-electron chi connectivity index (χ0n) is 14.2. The lowest BCUT2D eigenvalue weighted by Gasteiger charge is -2.06. The first-order valence-electron chi connectivity index (χ1n) is 8.15. The quantitative estimate of drug-likeness (QED) is 0.591. The van der Waals surface area contributed by atoms with E-state index in [-0.39, 0.29) is 5.91 Å². The molecule has 0 spiro atoms. The van der Waals surface area contributed by atoms with Crippen LogP contribution in [0.1, 0.15) is 21.7 Å². The molecular weight excluding hydrogens is 330 g/mol. The first-order valence-corrected chi connectivity index (χ1v) is 8.15. The number of aryl methyl sites for hydroxylation is 1. The van der Waals surface area contributed by atoms with Gasteiger partial charge < -0.3 is 14.5 Å². The number of imidazole rings is 2. The van der Waals surface area contributed by atoms with Crippen LogP contribution in [0, 0.1) is 0 Å². The molecule has 0 fully saturated rings. The number of amides is 1. The van der Waals surface area contributed by atoms with Gasteiger partial charge in [-0.1, -0.05) is 6.07 Å². The van der Waals surface area contributed by atoms with Gasteiger partial charge in [0.1, 0.15) is 11.3 Å². The van der Waals surface area contributed by atoms with E-state index >= 15 is 0 Å². The Morgan fingerprint density at radius 3 is 2.88 bits per heavy atom. The van der Waals surface area contributed by atoms with Crippen molar-refractivity contribution in [1.29, 1.82) is 0 Å². The van der Waals surface area contributed by atoms with Gasteiger partial charge in [-0.15, -0.1) is 0 Å². The molecule has 130 valence electrons. The largest absolute Gasteiger partial charge is 0.345 e. The van der Waals surface area contributed by atoms with Gasteiger partial charge in [-0.3, -0.25) is 9.78 Å². The van der Waals surface area contributed by atoms with Crippen LogP contribution in [0.25, 0.3) is 11.2 Å². The maximum absolute atomic E-state index is 12.4. The molecule has 4 rings (SSSR count). The van der Waals surface area contributed by atoms with Crippen molar-refractivity contribution in [3.8, 4) is 0 Å². The molecule has 0 aliphatic carbocycles. The maximum Gasteiger partial charge on any atom is 0.253 e. The van der Waals surface area contributed by atoms with Crippen molar-refractivity contribution in [2.75, 3.05) is 0 Å². The van der Waals surface area contributed by atoms with Crippen molar-refractivity contribution in [2.24, 2.45) is 7.05 Å². The molecule has 1 amide bonds. The fourth-order valence-corrected chi connectivity index (χ4v) is 2.71. The Morgan fingerprint density at radius 1 is 1.19 bits per heavy atom. The SMILES string of the molecule is Cn1ccnc1CNC(=O)c1cnc2c(c1)ncn2Cc1cccnc1. The Labute approximate surface area is 149 Å². The molecule has 8 heteroatoms. The van der Waals surface area contributed by atoms with E-state index in [9.17, 15) is 4.79 Å². The van der Waals surface area contributed by atoms with Gasteiger partial charge in [0.15, 0.2) is 5.65 Å². The predicted molar refractivity (Wildman–Crippen MR) is 95.2 cm³/mol. The van der Waals surface area contributed by atoms with Gasteiger partial charge in [-0.05, 0) is 17.7 Å². The summed E-state index contributed by atoms with van der Waals surface area (Å²) in [5.74, 6) is 0.581. The molecule has 4 aromatic heterocycles. The summed E-state index contributed by atoms with van der Waals surface area (Å²) in [6, 6.07) is 5.64. The fourth-order valence-electron chi connectivity index (χ4n) is 2.71. The van der Waals surface area contributed by atoms with E-state index in [1.165, 1.54) is 0 Å². The van der Waals surface area contributed by atoms with Crippen molar-refractivity contribution in [2.45, 2.75) is 13.1 Å². The summed E-state index contributed by atoms with van der Waals surface area (Å²) >= 11 is 0. The monoisotopic (exact) mass is 347 g/mol. The van der Waals surface area contributed by atoms with E-state index in [1.807, 2.05) is 40.7 Å². The van der Waals surface area contributed by atoms with Crippen molar-refractivity contribution < 1.29 is 4.79 Å². The molecule has 0 radical (unpaired) electrons. The van der Waals surface area contributed by atoms with Gasteiger partial charge in [0.05, 0.1) is 25.0 Å². The average molecular weight is 347 g/mol. The van der Waals surface area contributed by atoms with E-state index < -0.39 is 0 Å². The zero-order chi connectivity index (χ0) is 17.9. The van der Waals surface area contributed by atoms with E-state index in [4.69, 9.17) is 0 Å². The van der Waals surface area contributed by atoms with Crippen LogP contribution in [-0.2, 0) is 20.1 Å². The van der Waals surface area contributed by atoms with E-state index in [0.717, 1.165) is 17.0 Å². The number of nitrogens with one attached hydrogen (secondary N) is 1. The van der Waals surface area contributed by atoms with Crippen LogP contribution in [0.3, 0.4) is 0 Å². The number of aromatic nitrogens is 6. The first-order chi connectivity index (χ1) is 12.7. The Balaban J connectivity index is 1.51. The van der Waals surface area contributed by atoms with E-state index in [1.54, 1.807) is 31.0 Å². The standard InChI is InChI=1S/C18H17N7O/c1-24-6-5-20-16(24)10-22-18(26)14-7-15-17(21-9-14)25(12-23-15)11-13-3-2-4-19-8-13/h2-9,12H,10-11H2,1H3,(H,22,26). The topological polar surface area (TPSA) is 90.5 Å². The number of carbonyl (C=O) groups is 1. The number of nitrogens with zero attached hydrogens (tertiary/aromatic N) is 6. The molecular formula is C18H17N7O. The second-order valence-electron chi connectivity index (χ2n) is 5.94. The molecule has 0 aromatic carbocycles. The molecule has 1 N–H and O–H groups in total. The summed E-state index contributed by atoms with van der Waals surface area (Å²) < 4.78 is 3.80. The van der Waals surface area contributed by atoms with Crippen LogP contribution in [0.15, 0.2) is 55.5 Å². The van der Waals surface area contributed by atoms with Crippen molar-refractivity contribution in [1.82, 2.24) is 34.4 Å². The molecule has 0 unspecified atom stereocenters. The number of fused-ring (bicyclic) bond motifs is 1. The summed E-state index contributed by atoms with van der Waals surface area (Å²) in [4.78, 5) is 29.4. The van der Waals surface area contributed by atoms with Crippen LogP contribution in [0.5, 0.6) is 0 Å². The Morgan fingerprint density at radius 2 is 2.12 bits per heavy atom. The van der Waals surface area contributed by atoms with Crippen molar-refractivity contribution in [3.05, 3.63) is 72.5 Å². The predicted octanol–water partition coefficient (Wildman–Crippen LogP) is 1.54. The van der Waals surface area contributed by atoms with E-state index in [0.29, 0.717) is 24.2 Å². The molecule has 8 nitrogen and oxygen atoms in total. The second-order valence-corrected chi connectivity index (χ2v) is 5.94. The van der Waals surface area contributed by atoms with Crippen molar-refractivity contribution in [3.63, 3.8) is 0 Å².